The number of carbonyl (C=O) groups excluding carboxylic acids is 1. The zero-order chi connectivity index (χ0) is 14.7. The molecule has 0 aliphatic heterocycles. The van der Waals surface area contributed by atoms with Crippen molar-refractivity contribution >= 4 is 11.9 Å². The van der Waals surface area contributed by atoms with E-state index >= 15 is 0 Å². The zero-order valence-corrected chi connectivity index (χ0v) is 12.6. The molecule has 0 heterocycles. The number of rotatable bonds is 7. The molecule has 0 saturated heterocycles. The second-order valence-corrected chi connectivity index (χ2v) is 7.12. The van der Waals surface area contributed by atoms with Gasteiger partial charge < -0.3 is 10.4 Å². The fourth-order valence-corrected chi connectivity index (χ4v) is 4.09. The summed E-state index contributed by atoms with van der Waals surface area (Å²) < 4.78 is 0. The molecule has 4 nitrogen and oxygen atoms in total. The van der Waals surface area contributed by atoms with E-state index in [0.717, 1.165) is 18.8 Å². The van der Waals surface area contributed by atoms with Crippen LogP contribution in [-0.2, 0) is 9.59 Å². The van der Waals surface area contributed by atoms with Crippen LogP contribution in [0.5, 0.6) is 0 Å². The summed E-state index contributed by atoms with van der Waals surface area (Å²) >= 11 is 0. The molecule has 2 aliphatic carbocycles. The fraction of sp³-hybridized carbons (Fsp3) is 0.875. The van der Waals surface area contributed by atoms with Crippen molar-refractivity contribution in [1.29, 1.82) is 0 Å². The van der Waals surface area contributed by atoms with Gasteiger partial charge in [0.1, 0.15) is 0 Å². The molecule has 2 rings (SSSR count). The Bertz CT molecular complexity index is 367. The summed E-state index contributed by atoms with van der Waals surface area (Å²) in [5, 5.41) is 12.0. The van der Waals surface area contributed by atoms with Crippen molar-refractivity contribution in [3.05, 3.63) is 0 Å². The lowest BCUT2D eigenvalue weighted by molar-refractivity contribution is -0.138. The number of amides is 1. The number of carboxylic acid groups (broad SMARTS) is 1. The Balaban J connectivity index is 1.79. The van der Waals surface area contributed by atoms with Crippen LogP contribution in [-0.4, -0.2) is 23.5 Å². The van der Waals surface area contributed by atoms with Gasteiger partial charge in [0, 0.05) is 18.9 Å². The van der Waals surface area contributed by atoms with Gasteiger partial charge in [-0.2, -0.15) is 0 Å². The number of carboxylic acids is 1. The van der Waals surface area contributed by atoms with E-state index in [0.29, 0.717) is 18.4 Å². The molecule has 2 fully saturated rings. The van der Waals surface area contributed by atoms with Crippen LogP contribution in [0.2, 0.25) is 0 Å². The fourth-order valence-electron chi connectivity index (χ4n) is 4.09. The lowest BCUT2D eigenvalue weighted by Crippen LogP contribution is -2.37. The summed E-state index contributed by atoms with van der Waals surface area (Å²) in [6, 6.07) is 0. The average Bonchev–Trinajstić information content (AvgIpc) is 2.96. The lowest BCUT2D eigenvalue weighted by atomic mass is 9.87. The Hall–Kier alpha value is -1.06. The highest BCUT2D eigenvalue weighted by atomic mass is 16.4. The molecule has 20 heavy (non-hydrogen) atoms. The standard InChI is InChI=1S/C16H27NO3/c1-10(2)5-12(8-15(18)19)9-17-16(20)14-7-11-3-4-13(14)6-11/h10-14H,3-9H2,1-2H3,(H,17,20)(H,18,19). The number of hydrogen-bond donors (Lipinski definition) is 2. The SMILES string of the molecule is CC(C)CC(CNC(=O)C1CC2CCC1C2)CC(=O)O. The van der Waals surface area contributed by atoms with Crippen molar-refractivity contribution in [2.24, 2.45) is 29.6 Å². The third-order valence-electron chi connectivity index (χ3n) is 4.91. The lowest BCUT2D eigenvalue weighted by Gasteiger charge is -2.23. The number of fused-ring (bicyclic) bond motifs is 2. The molecule has 2 aliphatic rings. The molecular weight excluding hydrogens is 254 g/mol. The van der Waals surface area contributed by atoms with Crippen molar-refractivity contribution < 1.29 is 14.7 Å². The highest BCUT2D eigenvalue weighted by Crippen LogP contribution is 2.48. The van der Waals surface area contributed by atoms with E-state index in [2.05, 4.69) is 19.2 Å². The van der Waals surface area contributed by atoms with Crippen molar-refractivity contribution in [2.45, 2.75) is 52.4 Å². The minimum absolute atomic E-state index is 0.0510. The molecule has 0 aromatic carbocycles. The number of hydrogen-bond acceptors (Lipinski definition) is 2. The van der Waals surface area contributed by atoms with E-state index in [-0.39, 0.29) is 24.2 Å². The minimum Gasteiger partial charge on any atom is -0.481 e. The summed E-state index contributed by atoms with van der Waals surface area (Å²) in [6.07, 6.45) is 5.77. The van der Waals surface area contributed by atoms with Gasteiger partial charge in [-0.15, -0.1) is 0 Å². The maximum atomic E-state index is 12.3. The van der Waals surface area contributed by atoms with Crippen LogP contribution in [0.4, 0.5) is 0 Å². The number of carbonyl (C=O) groups is 2. The summed E-state index contributed by atoms with van der Waals surface area (Å²) in [6.45, 7) is 4.69. The summed E-state index contributed by atoms with van der Waals surface area (Å²) in [4.78, 5) is 23.1. The van der Waals surface area contributed by atoms with E-state index < -0.39 is 5.97 Å². The van der Waals surface area contributed by atoms with E-state index in [1.807, 2.05) is 0 Å². The van der Waals surface area contributed by atoms with Crippen LogP contribution in [0.1, 0.15) is 52.4 Å². The second-order valence-electron chi connectivity index (χ2n) is 7.12. The first-order valence-electron chi connectivity index (χ1n) is 7.95. The number of aliphatic carboxylic acids is 1. The van der Waals surface area contributed by atoms with Crippen LogP contribution in [0, 0.1) is 29.6 Å². The van der Waals surface area contributed by atoms with Gasteiger partial charge in [-0.3, -0.25) is 9.59 Å². The van der Waals surface area contributed by atoms with Gasteiger partial charge in [-0.1, -0.05) is 20.3 Å². The Labute approximate surface area is 121 Å². The predicted octanol–water partition coefficient (Wildman–Crippen LogP) is 2.68. The van der Waals surface area contributed by atoms with E-state index in [9.17, 15) is 9.59 Å². The molecule has 0 radical (unpaired) electrons. The Kier molecular flexibility index (Phi) is 5.06. The quantitative estimate of drug-likeness (QED) is 0.754. The largest absolute Gasteiger partial charge is 0.481 e. The van der Waals surface area contributed by atoms with Gasteiger partial charge in [0.15, 0.2) is 0 Å². The first kappa shape index (κ1) is 15.3. The van der Waals surface area contributed by atoms with Gasteiger partial charge in [0.05, 0.1) is 0 Å². The van der Waals surface area contributed by atoms with Crippen LogP contribution in [0.25, 0.3) is 0 Å². The Morgan fingerprint density at radius 3 is 2.50 bits per heavy atom. The van der Waals surface area contributed by atoms with Gasteiger partial charge in [-0.05, 0) is 49.4 Å². The third-order valence-corrected chi connectivity index (χ3v) is 4.91. The summed E-state index contributed by atoms with van der Waals surface area (Å²) in [5.74, 6) is 1.44. The highest BCUT2D eigenvalue weighted by molar-refractivity contribution is 5.79. The first-order valence-corrected chi connectivity index (χ1v) is 7.95. The van der Waals surface area contributed by atoms with Gasteiger partial charge >= 0.3 is 5.97 Å². The molecule has 2 bridgehead atoms. The maximum Gasteiger partial charge on any atom is 0.303 e. The van der Waals surface area contributed by atoms with E-state index in [4.69, 9.17) is 5.11 Å². The van der Waals surface area contributed by atoms with Crippen LogP contribution in [0.3, 0.4) is 0 Å². The topological polar surface area (TPSA) is 66.4 Å². The van der Waals surface area contributed by atoms with Crippen LogP contribution in [0.15, 0.2) is 0 Å². The van der Waals surface area contributed by atoms with Gasteiger partial charge in [-0.25, -0.2) is 0 Å². The molecule has 4 unspecified atom stereocenters. The normalized spacial score (nSPS) is 29.6. The minimum atomic E-state index is -0.773. The molecule has 2 N–H and O–H groups in total. The summed E-state index contributed by atoms with van der Waals surface area (Å²) in [5.41, 5.74) is 0. The Morgan fingerprint density at radius 1 is 1.25 bits per heavy atom. The predicted molar refractivity (Wildman–Crippen MR) is 77.1 cm³/mol. The monoisotopic (exact) mass is 281 g/mol. The Morgan fingerprint density at radius 2 is 2.00 bits per heavy atom. The molecule has 2 saturated carbocycles. The first-order chi connectivity index (χ1) is 9.45. The van der Waals surface area contributed by atoms with Gasteiger partial charge in [0.25, 0.3) is 0 Å². The van der Waals surface area contributed by atoms with Crippen LogP contribution < -0.4 is 5.32 Å². The zero-order valence-electron chi connectivity index (χ0n) is 12.6. The van der Waals surface area contributed by atoms with Crippen molar-refractivity contribution in [1.82, 2.24) is 5.32 Å². The van der Waals surface area contributed by atoms with E-state index in [1.165, 1.54) is 19.3 Å². The van der Waals surface area contributed by atoms with Gasteiger partial charge in [0.2, 0.25) is 5.91 Å². The number of nitrogens with one attached hydrogen (secondary N) is 1. The summed E-state index contributed by atoms with van der Waals surface area (Å²) in [7, 11) is 0. The maximum absolute atomic E-state index is 12.3. The molecule has 0 aromatic heterocycles. The molecular formula is C16H27NO3. The molecule has 4 heteroatoms. The van der Waals surface area contributed by atoms with Crippen LogP contribution >= 0.6 is 0 Å². The highest BCUT2D eigenvalue weighted by Gasteiger charge is 2.42. The van der Waals surface area contributed by atoms with Crippen molar-refractivity contribution in [3.8, 4) is 0 Å². The molecule has 1 amide bonds. The smallest absolute Gasteiger partial charge is 0.303 e. The average molecular weight is 281 g/mol. The molecule has 4 atom stereocenters. The third kappa shape index (κ3) is 3.97. The second kappa shape index (κ2) is 6.59. The van der Waals surface area contributed by atoms with Crippen molar-refractivity contribution in [3.63, 3.8) is 0 Å². The molecule has 0 spiro atoms. The van der Waals surface area contributed by atoms with E-state index in [1.54, 1.807) is 0 Å². The molecule has 114 valence electrons. The van der Waals surface area contributed by atoms with Crippen molar-refractivity contribution in [2.75, 3.05) is 6.54 Å². The molecule has 0 aromatic rings.